The molecule has 7 heteroatoms. The van der Waals surface area contributed by atoms with Gasteiger partial charge in [0.1, 0.15) is 24.2 Å². The van der Waals surface area contributed by atoms with Crippen LogP contribution in [0.15, 0.2) is 48.4 Å². The number of hydrogen-bond acceptors (Lipinski definition) is 5. The van der Waals surface area contributed by atoms with Crippen LogP contribution < -0.4 is 4.74 Å². The van der Waals surface area contributed by atoms with Crippen LogP contribution in [0.5, 0.6) is 5.75 Å². The third kappa shape index (κ3) is 4.73. The van der Waals surface area contributed by atoms with Crippen LogP contribution in [0, 0.1) is 19.8 Å². The van der Waals surface area contributed by atoms with Gasteiger partial charge in [0.25, 0.3) is 0 Å². The standard InChI is InChI=1S/C24H22Cl2O5/c1-13-9-18(10-14(2)22(13)26)30-21-12-29-20-11-17(7-8-19(20)23(21)27)31-24(28)15-3-5-16(25)6-4-15/h3-6,9-10,12,17,19-20H,7-8,11H2,1-2H3. The zero-order chi connectivity index (χ0) is 22.1. The number of Topliss-reactive ketones (excluding diaryl/α,β-unsaturated/α-hetero) is 1. The maximum Gasteiger partial charge on any atom is 0.338 e. The summed E-state index contributed by atoms with van der Waals surface area (Å²) < 4.78 is 17.3. The Labute approximate surface area is 190 Å². The molecule has 4 rings (SSSR count). The van der Waals surface area contributed by atoms with Crippen molar-refractivity contribution in [1.82, 2.24) is 0 Å². The first kappa shape index (κ1) is 21.7. The first-order valence-corrected chi connectivity index (χ1v) is 10.9. The van der Waals surface area contributed by atoms with Gasteiger partial charge < -0.3 is 14.2 Å². The number of halogens is 2. The summed E-state index contributed by atoms with van der Waals surface area (Å²) in [6, 6.07) is 10.1. The highest BCUT2D eigenvalue weighted by molar-refractivity contribution is 6.32. The van der Waals surface area contributed by atoms with Crippen LogP contribution in [-0.2, 0) is 14.3 Å². The lowest BCUT2D eigenvalue weighted by molar-refractivity contribution is -0.132. The van der Waals surface area contributed by atoms with Gasteiger partial charge in [0.15, 0.2) is 0 Å². The second kappa shape index (κ2) is 8.93. The molecule has 0 bridgehead atoms. The Kier molecular flexibility index (Phi) is 6.26. The molecule has 1 aliphatic heterocycles. The van der Waals surface area contributed by atoms with Crippen molar-refractivity contribution in [1.29, 1.82) is 0 Å². The fraction of sp³-hybridized carbons (Fsp3) is 0.333. The zero-order valence-corrected chi connectivity index (χ0v) is 18.7. The average molecular weight is 461 g/mol. The molecule has 0 spiro atoms. The molecule has 0 amide bonds. The number of hydrogen-bond donors (Lipinski definition) is 0. The summed E-state index contributed by atoms with van der Waals surface area (Å²) in [7, 11) is 0. The number of rotatable bonds is 4. The van der Waals surface area contributed by atoms with Crippen LogP contribution in [0.25, 0.3) is 0 Å². The Bertz CT molecular complexity index is 1020. The van der Waals surface area contributed by atoms with Crippen LogP contribution in [-0.4, -0.2) is 24.0 Å². The third-order valence-corrected chi connectivity index (χ3v) is 6.51. The molecule has 1 fully saturated rings. The van der Waals surface area contributed by atoms with Crippen LogP contribution in [0.3, 0.4) is 0 Å². The number of carbonyl (C=O) groups excluding carboxylic acids is 2. The predicted molar refractivity (Wildman–Crippen MR) is 118 cm³/mol. The molecule has 31 heavy (non-hydrogen) atoms. The number of esters is 1. The predicted octanol–water partition coefficient (Wildman–Crippen LogP) is 5.82. The minimum Gasteiger partial charge on any atom is -0.493 e. The lowest BCUT2D eigenvalue weighted by Crippen LogP contribution is -2.43. The number of fused-ring (bicyclic) bond motifs is 1. The lowest BCUT2D eigenvalue weighted by atomic mass is 9.80. The second-order valence-electron chi connectivity index (χ2n) is 7.95. The molecule has 0 saturated heterocycles. The summed E-state index contributed by atoms with van der Waals surface area (Å²) in [5.74, 6) is -0.0927. The molecule has 0 aromatic heterocycles. The molecule has 5 nitrogen and oxygen atoms in total. The Morgan fingerprint density at radius 2 is 1.74 bits per heavy atom. The van der Waals surface area contributed by atoms with Gasteiger partial charge in [0, 0.05) is 16.5 Å². The van der Waals surface area contributed by atoms with Gasteiger partial charge in [-0.3, -0.25) is 4.79 Å². The van der Waals surface area contributed by atoms with Crippen LogP contribution in [0.2, 0.25) is 10.0 Å². The maximum atomic E-state index is 13.0. The molecular weight excluding hydrogens is 439 g/mol. The van der Waals surface area contributed by atoms with E-state index in [9.17, 15) is 9.59 Å². The monoisotopic (exact) mass is 460 g/mol. The van der Waals surface area contributed by atoms with Gasteiger partial charge in [-0.15, -0.1) is 0 Å². The zero-order valence-electron chi connectivity index (χ0n) is 17.2. The molecule has 1 aliphatic carbocycles. The molecule has 0 N–H and O–H groups in total. The quantitative estimate of drug-likeness (QED) is 0.537. The van der Waals surface area contributed by atoms with Crippen LogP contribution >= 0.6 is 23.2 Å². The molecule has 2 aliphatic rings. The Morgan fingerprint density at radius 3 is 2.42 bits per heavy atom. The largest absolute Gasteiger partial charge is 0.493 e. The smallest absolute Gasteiger partial charge is 0.338 e. The topological polar surface area (TPSA) is 61.8 Å². The number of allylic oxidation sites excluding steroid dienone is 1. The van der Waals surface area contributed by atoms with Crippen LogP contribution in [0.4, 0.5) is 0 Å². The number of benzene rings is 2. The van der Waals surface area contributed by atoms with E-state index < -0.39 is 5.97 Å². The lowest BCUT2D eigenvalue weighted by Gasteiger charge is -2.36. The van der Waals surface area contributed by atoms with Gasteiger partial charge >= 0.3 is 5.97 Å². The summed E-state index contributed by atoms with van der Waals surface area (Å²) in [6.07, 6.45) is 2.31. The van der Waals surface area contributed by atoms with Crippen LogP contribution in [0.1, 0.15) is 40.7 Å². The fourth-order valence-corrected chi connectivity index (χ4v) is 4.25. The SMILES string of the molecule is Cc1cc(OC2=COC3CC(OC(=O)c4ccc(Cl)cc4)CCC3C2=O)cc(C)c1Cl. The Hall–Kier alpha value is -2.50. The molecule has 1 saturated carbocycles. The van der Waals surface area contributed by atoms with E-state index in [1.807, 2.05) is 13.8 Å². The summed E-state index contributed by atoms with van der Waals surface area (Å²) in [5.41, 5.74) is 2.20. The summed E-state index contributed by atoms with van der Waals surface area (Å²) >= 11 is 12.1. The minimum absolute atomic E-state index is 0.0935. The van der Waals surface area contributed by atoms with Crippen molar-refractivity contribution in [3.05, 3.63) is 75.2 Å². The van der Waals surface area contributed by atoms with Crippen molar-refractivity contribution in [3.63, 3.8) is 0 Å². The highest BCUT2D eigenvalue weighted by atomic mass is 35.5. The summed E-state index contributed by atoms with van der Waals surface area (Å²) in [6.45, 7) is 3.77. The molecule has 2 aromatic rings. The third-order valence-electron chi connectivity index (χ3n) is 5.66. The molecular formula is C24H22Cl2O5. The highest BCUT2D eigenvalue weighted by Gasteiger charge is 2.42. The summed E-state index contributed by atoms with van der Waals surface area (Å²) in [5, 5.41) is 1.24. The molecule has 0 radical (unpaired) electrons. The van der Waals surface area contributed by atoms with E-state index in [-0.39, 0.29) is 29.7 Å². The van der Waals surface area contributed by atoms with Gasteiger partial charge in [-0.25, -0.2) is 4.79 Å². The first-order valence-electron chi connectivity index (χ1n) is 10.1. The number of ether oxygens (including phenoxy) is 3. The highest BCUT2D eigenvalue weighted by Crippen LogP contribution is 2.36. The van der Waals surface area contributed by atoms with Gasteiger partial charge in [-0.05, 0) is 74.2 Å². The van der Waals surface area contributed by atoms with Gasteiger partial charge in [0.05, 0.1) is 11.5 Å². The average Bonchev–Trinajstić information content (AvgIpc) is 2.74. The van der Waals surface area contributed by atoms with E-state index in [4.69, 9.17) is 37.4 Å². The molecule has 3 unspecified atom stereocenters. The van der Waals surface area contributed by atoms with E-state index >= 15 is 0 Å². The van der Waals surface area contributed by atoms with E-state index in [0.717, 1.165) is 11.1 Å². The summed E-state index contributed by atoms with van der Waals surface area (Å²) in [4.78, 5) is 25.3. The molecule has 3 atom stereocenters. The van der Waals surface area contributed by atoms with Crippen molar-refractivity contribution < 1.29 is 23.8 Å². The van der Waals surface area contributed by atoms with Crippen molar-refractivity contribution >= 4 is 35.0 Å². The maximum absolute atomic E-state index is 13.0. The number of ketones is 1. The molecule has 162 valence electrons. The Balaban J connectivity index is 1.40. The number of aryl methyl sites for hydroxylation is 2. The minimum atomic E-state index is -0.407. The molecule has 1 heterocycles. The number of carbonyl (C=O) groups is 2. The van der Waals surface area contributed by atoms with E-state index in [0.29, 0.717) is 40.6 Å². The first-order chi connectivity index (χ1) is 14.8. The van der Waals surface area contributed by atoms with E-state index in [2.05, 4.69) is 0 Å². The van der Waals surface area contributed by atoms with Crippen molar-refractivity contribution in [2.24, 2.45) is 5.92 Å². The van der Waals surface area contributed by atoms with Gasteiger partial charge in [0.2, 0.25) is 11.5 Å². The van der Waals surface area contributed by atoms with Crippen molar-refractivity contribution in [3.8, 4) is 5.75 Å². The normalized spacial score (nSPS) is 22.8. The second-order valence-corrected chi connectivity index (χ2v) is 8.76. The van der Waals surface area contributed by atoms with Crippen molar-refractivity contribution in [2.45, 2.75) is 45.3 Å². The van der Waals surface area contributed by atoms with Crippen molar-refractivity contribution in [2.75, 3.05) is 0 Å². The van der Waals surface area contributed by atoms with Gasteiger partial charge in [-0.2, -0.15) is 0 Å². The molecule has 2 aromatic carbocycles. The Morgan fingerprint density at radius 1 is 1.06 bits per heavy atom. The van der Waals surface area contributed by atoms with E-state index in [1.54, 1.807) is 36.4 Å². The van der Waals surface area contributed by atoms with Gasteiger partial charge in [-0.1, -0.05) is 23.2 Å². The fourth-order valence-electron chi connectivity index (χ4n) is 4.01. The van der Waals surface area contributed by atoms with E-state index in [1.165, 1.54) is 6.26 Å².